The molecule has 2 unspecified atom stereocenters. The highest BCUT2D eigenvalue weighted by Crippen LogP contribution is 2.48. The minimum atomic E-state index is -1.77. The number of benzene rings is 2. The summed E-state index contributed by atoms with van der Waals surface area (Å²) in [6.45, 7) is 8.88. The van der Waals surface area contributed by atoms with Gasteiger partial charge in [0, 0.05) is 16.0 Å². The lowest BCUT2D eigenvalue weighted by Crippen LogP contribution is -2.54. The first-order chi connectivity index (χ1) is 10.8. The van der Waals surface area contributed by atoms with Gasteiger partial charge < -0.3 is 5.11 Å². The van der Waals surface area contributed by atoms with Crippen molar-refractivity contribution in [1.82, 2.24) is 0 Å². The van der Waals surface area contributed by atoms with Crippen LogP contribution in [-0.2, 0) is 5.60 Å². The van der Waals surface area contributed by atoms with E-state index in [1.165, 1.54) is 0 Å². The molecule has 2 aromatic carbocycles. The van der Waals surface area contributed by atoms with E-state index in [1.807, 2.05) is 36.4 Å². The molecule has 1 N–H and O–H groups in total. The van der Waals surface area contributed by atoms with Crippen LogP contribution in [-0.4, -0.2) is 29.6 Å². The number of hydrogen-bond acceptors (Lipinski definition) is 3. The number of carbonyl (C=O) groups is 1. The van der Waals surface area contributed by atoms with E-state index in [2.05, 4.69) is 26.6 Å². The molecule has 0 saturated heterocycles. The molecule has 0 aromatic heterocycles. The number of rotatable bonds is 5. The van der Waals surface area contributed by atoms with Crippen molar-refractivity contribution in [1.29, 1.82) is 0 Å². The third-order valence-corrected chi connectivity index (χ3v) is 10.5. The van der Waals surface area contributed by atoms with Gasteiger partial charge in [-0.05, 0) is 22.9 Å². The summed E-state index contributed by atoms with van der Waals surface area (Å²) in [7, 11) is -1.77. The van der Waals surface area contributed by atoms with Crippen LogP contribution < -0.4 is 0 Å². The maximum absolute atomic E-state index is 13.2. The first kappa shape index (κ1) is 16.7. The average molecular weight is 345 g/mol. The fourth-order valence-corrected chi connectivity index (χ4v) is 8.51. The first-order valence-electron chi connectivity index (χ1n) is 8.22. The minimum absolute atomic E-state index is 0.0413. The summed E-state index contributed by atoms with van der Waals surface area (Å²) >= 11 is 1.77. The molecule has 2 atom stereocenters. The Morgan fingerprint density at radius 3 is 2.43 bits per heavy atom. The molecule has 2 aromatic rings. The Kier molecular flexibility index (Phi) is 4.19. The number of hydrogen-bond donors (Lipinski definition) is 1. The number of carbonyl (C=O) groups excluding carboxylic acids is 1. The summed E-state index contributed by atoms with van der Waals surface area (Å²) in [4.78, 5) is 13.2. The normalized spacial score (nSPS) is 21.9. The molecule has 23 heavy (non-hydrogen) atoms. The van der Waals surface area contributed by atoms with Crippen LogP contribution in [0.5, 0.6) is 0 Å². The van der Waals surface area contributed by atoms with Gasteiger partial charge in [0.05, 0.1) is 8.07 Å². The fraction of sp³-hybridized carbons (Fsp3) is 0.421. The van der Waals surface area contributed by atoms with Gasteiger partial charge in [-0.1, -0.05) is 63.0 Å². The molecule has 0 amide bonds. The SMILES string of the molecule is CCCSC(C1(O)C(=O)c2cccc3cccc1c23)[Si](C)(C)C. The second-order valence-corrected chi connectivity index (χ2v) is 14.4. The molecule has 0 spiro atoms. The Morgan fingerprint density at radius 2 is 1.83 bits per heavy atom. The van der Waals surface area contributed by atoms with E-state index in [9.17, 15) is 9.90 Å². The maximum atomic E-state index is 13.2. The second kappa shape index (κ2) is 5.76. The highest BCUT2D eigenvalue weighted by atomic mass is 32.2. The molecule has 0 fully saturated rings. The highest BCUT2D eigenvalue weighted by molar-refractivity contribution is 8.01. The number of Topliss-reactive ketones (excluding diaryl/α,β-unsaturated/α-hetero) is 1. The van der Waals surface area contributed by atoms with Gasteiger partial charge in [0.15, 0.2) is 11.4 Å². The quantitative estimate of drug-likeness (QED) is 0.805. The van der Waals surface area contributed by atoms with Crippen LogP contribution in [0.2, 0.25) is 19.6 Å². The molecule has 122 valence electrons. The van der Waals surface area contributed by atoms with Crippen molar-refractivity contribution in [2.45, 2.75) is 43.5 Å². The summed E-state index contributed by atoms with van der Waals surface area (Å²) in [5.74, 6) is 0.858. The van der Waals surface area contributed by atoms with E-state index in [1.54, 1.807) is 11.8 Å². The van der Waals surface area contributed by atoms with Crippen molar-refractivity contribution >= 4 is 36.4 Å². The molecule has 0 saturated carbocycles. The third-order valence-electron chi connectivity index (χ3n) is 4.56. The monoisotopic (exact) mass is 344 g/mol. The Hall–Kier alpha value is -1.10. The molecule has 1 aliphatic carbocycles. The van der Waals surface area contributed by atoms with Crippen LogP contribution in [0.15, 0.2) is 36.4 Å². The summed E-state index contributed by atoms with van der Waals surface area (Å²) < 4.78 is 0. The smallest absolute Gasteiger partial charge is 0.200 e. The lowest BCUT2D eigenvalue weighted by molar-refractivity contribution is 0.0394. The zero-order valence-electron chi connectivity index (χ0n) is 14.2. The van der Waals surface area contributed by atoms with Gasteiger partial charge in [0.2, 0.25) is 0 Å². The van der Waals surface area contributed by atoms with Crippen molar-refractivity contribution in [3.63, 3.8) is 0 Å². The Morgan fingerprint density at radius 1 is 1.17 bits per heavy atom. The number of ketones is 1. The van der Waals surface area contributed by atoms with Crippen molar-refractivity contribution in [2.75, 3.05) is 5.75 Å². The number of thioether (sulfide) groups is 1. The summed E-state index contributed by atoms with van der Waals surface area (Å²) in [6, 6.07) is 11.7. The van der Waals surface area contributed by atoms with Crippen LogP contribution in [0, 0.1) is 0 Å². The molecular formula is C19H24O2SSi. The van der Waals surface area contributed by atoms with Gasteiger partial charge in [-0.2, -0.15) is 11.8 Å². The van der Waals surface area contributed by atoms with Gasteiger partial charge in [-0.3, -0.25) is 4.79 Å². The first-order valence-corrected chi connectivity index (χ1v) is 12.9. The van der Waals surface area contributed by atoms with Gasteiger partial charge in [0.25, 0.3) is 0 Å². The van der Waals surface area contributed by atoms with Crippen LogP contribution in [0.3, 0.4) is 0 Å². The topological polar surface area (TPSA) is 37.3 Å². The van der Waals surface area contributed by atoms with E-state index in [0.29, 0.717) is 5.56 Å². The summed E-state index contributed by atoms with van der Waals surface area (Å²) in [5.41, 5.74) is 0.112. The lowest BCUT2D eigenvalue weighted by Gasteiger charge is -2.39. The zero-order chi connectivity index (χ0) is 16.8. The fourth-order valence-electron chi connectivity index (χ4n) is 3.67. The van der Waals surface area contributed by atoms with Crippen LogP contribution in [0.1, 0.15) is 29.3 Å². The summed E-state index contributed by atoms with van der Waals surface area (Å²) in [6.07, 6.45) is 1.05. The molecule has 4 heteroatoms. The van der Waals surface area contributed by atoms with Crippen LogP contribution in [0.25, 0.3) is 10.8 Å². The molecular weight excluding hydrogens is 320 g/mol. The minimum Gasteiger partial charge on any atom is -0.376 e. The van der Waals surface area contributed by atoms with Crippen molar-refractivity contribution in [2.24, 2.45) is 0 Å². The average Bonchev–Trinajstić information content (AvgIpc) is 2.72. The predicted molar refractivity (Wildman–Crippen MR) is 102 cm³/mol. The van der Waals surface area contributed by atoms with E-state index in [-0.39, 0.29) is 10.7 Å². The predicted octanol–water partition coefficient (Wildman–Crippen LogP) is 4.61. The zero-order valence-corrected chi connectivity index (χ0v) is 16.0. The molecule has 0 bridgehead atoms. The Bertz CT molecular complexity index is 760. The van der Waals surface area contributed by atoms with E-state index >= 15 is 0 Å². The van der Waals surface area contributed by atoms with Crippen molar-refractivity contribution in [3.05, 3.63) is 47.5 Å². The van der Waals surface area contributed by atoms with Crippen LogP contribution >= 0.6 is 11.8 Å². The summed E-state index contributed by atoms with van der Waals surface area (Å²) in [5, 5.41) is 13.7. The van der Waals surface area contributed by atoms with Gasteiger partial charge in [-0.15, -0.1) is 0 Å². The molecule has 0 radical (unpaired) electrons. The van der Waals surface area contributed by atoms with Gasteiger partial charge >= 0.3 is 0 Å². The van der Waals surface area contributed by atoms with E-state index in [4.69, 9.17) is 0 Å². The molecule has 1 aliphatic rings. The molecule has 2 nitrogen and oxygen atoms in total. The lowest BCUT2D eigenvalue weighted by atomic mass is 9.95. The van der Waals surface area contributed by atoms with Crippen molar-refractivity contribution < 1.29 is 9.90 Å². The Labute approximate surface area is 143 Å². The van der Waals surface area contributed by atoms with E-state index < -0.39 is 13.7 Å². The largest absolute Gasteiger partial charge is 0.376 e. The second-order valence-electron chi connectivity index (χ2n) is 7.42. The third kappa shape index (κ3) is 2.48. The molecule has 0 aliphatic heterocycles. The number of aliphatic hydroxyl groups is 1. The van der Waals surface area contributed by atoms with Crippen LogP contribution in [0.4, 0.5) is 0 Å². The maximum Gasteiger partial charge on any atom is 0.200 e. The van der Waals surface area contributed by atoms with E-state index in [0.717, 1.165) is 28.5 Å². The van der Waals surface area contributed by atoms with Gasteiger partial charge in [-0.25, -0.2) is 0 Å². The van der Waals surface area contributed by atoms with Crippen molar-refractivity contribution in [3.8, 4) is 0 Å². The standard InChI is InChI=1S/C19H24O2SSi/c1-5-12-22-18(23(2,3)4)19(21)15-11-7-9-13-8-6-10-14(16(13)15)17(19)20/h6-11,18,21H,5,12H2,1-4H3. The van der Waals surface area contributed by atoms with Gasteiger partial charge in [0.1, 0.15) is 0 Å². The Balaban J connectivity index is 2.22. The molecule has 3 rings (SSSR count). The highest BCUT2D eigenvalue weighted by Gasteiger charge is 2.55. The molecule has 0 heterocycles.